The highest BCUT2D eigenvalue weighted by Crippen LogP contribution is 2.25. The van der Waals surface area contributed by atoms with E-state index in [1.807, 2.05) is 12.4 Å². The lowest BCUT2D eigenvalue weighted by molar-refractivity contribution is 0.452. The molecule has 0 amide bonds. The van der Waals surface area contributed by atoms with Crippen LogP contribution in [-0.4, -0.2) is 32.6 Å². The van der Waals surface area contributed by atoms with Crippen LogP contribution in [0.1, 0.15) is 37.2 Å². The van der Waals surface area contributed by atoms with Crippen LogP contribution in [0, 0.1) is 0 Å². The number of nitrogens with one attached hydrogen (secondary N) is 1. The van der Waals surface area contributed by atoms with Gasteiger partial charge in [-0.25, -0.2) is 9.97 Å². The summed E-state index contributed by atoms with van der Waals surface area (Å²) in [6.07, 6.45) is 10.6. The minimum atomic E-state index is 0.449. The SMILES string of the molecule is CCc1nccn1-c1nccnc1C1CCCNC1. The van der Waals surface area contributed by atoms with E-state index in [-0.39, 0.29) is 0 Å². The van der Waals surface area contributed by atoms with E-state index in [0.717, 1.165) is 36.8 Å². The summed E-state index contributed by atoms with van der Waals surface area (Å²) >= 11 is 0. The van der Waals surface area contributed by atoms with Gasteiger partial charge in [-0.05, 0) is 19.4 Å². The molecule has 1 atom stereocenters. The molecule has 0 radical (unpaired) electrons. The van der Waals surface area contributed by atoms with E-state index in [9.17, 15) is 0 Å². The Bertz CT molecular complexity index is 542. The van der Waals surface area contributed by atoms with Crippen LogP contribution in [0.15, 0.2) is 24.8 Å². The van der Waals surface area contributed by atoms with E-state index >= 15 is 0 Å². The summed E-state index contributed by atoms with van der Waals surface area (Å²) in [4.78, 5) is 13.5. The van der Waals surface area contributed by atoms with Gasteiger partial charge in [0, 0.05) is 43.7 Å². The van der Waals surface area contributed by atoms with Crippen molar-refractivity contribution in [3.05, 3.63) is 36.3 Å². The summed E-state index contributed by atoms with van der Waals surface area (Å²) in [6, 6.07) is 0. The number of hydrogen-bond donors (Lipinski definition) is 1. The minimum absolute atomic E-state index is 0.449. The summed E-state index contributed by atoms with van der Waals surface area (Å²) in [5.41, 5.74) is 1.09. The van der Waals surface area contributed by atoms with Crippen molar-refractivity contribution in [1.29, 1.82) is 0 Å². The van der Waals surface area contributed by atoms with Crippen LogP contribution in [0.25, 0.3) is 5.82 Å². The molecule has 1 saturated heterocycles. The van der Waals surface area contributed by atoms with Gasteiger partial charge in [-0.3, -0.25) is 9.55 Å². The van der Waals surface area contributed by atoms with Gasteiger partial charge in [0.1, 0.15) is 5.82 Å². The molecular weight excluding hydrogens is 238 g/mol. The second kappa shape index (κ2) is 5.48. The zero-order chi connectivity index (χ0) is 13.1. The quantitative estimate of drug-likeness (QED) is 0.909. The summed E-state index contributed by atoms with van der Waals surface area (Å²) < 4.78 is 2.07. The van der Waals surface area contributed by atoms with Crippen molar-refractivity contribution in [1.82, 2.24) is 24.8 Å². The lowest BCUT2D eigenvalue weighted by atomic mass is 9.95. The topological polar surface area (TPSA) is 55.6 Å². The first-order valence-corrected chi connectivity index (χ1v) is 6.94. The Morgan fingerprint density at radius 1 is 1.26 bits per heavy atom. The van der Waals surface area contributed by atoms with Crippen molar-refractivity contribution in [3.63, 3.8) is 0 Å². The first-order valence-electron chi connectivity index (χ1n) is 6.94. The average Bonchev–Trinajstić information content (AvgIpc) is 2.96. The van der Waals surface area contributed by atoms with Crippen molar-refractivity contribution >= 4 is 0 Å². The molecular formula is C14H19N5. The third-order valence-corrected chi connectivity index (χ3v) is 3.65. The molecule has 2 aromatic rings. The summed E-state index contributed by atoms with van der Waals surface area (Å²) in [7, 11) is 0. The van der Waals surface area contributed by atoms with Crippen molar-refractivity contribution in [2.45, 2.75) is 32.1 Å². The molecule has 0 saturated carbocycles. The standard InChI is InChI=1S/C14H19N5/c1-2-12-16-8-9-19(12)14-13(17-6-7-18-14)11-4-3-5-15-10-11/h6-9,11,15H,2-5,10H2,1H3. The molecule has 1 aliphatic rings. The van der Waals surface area contributed by atoms with Crippen molar-refractivity contribution in [3.8, 4) is 5.82 Å². The molecule has 3 heterocycles. The van der Waals surface area contributed by atoms with Gasteiger partial charge in [-0.2, -0.15) is 0 Å². The molecule has 1 N–H and O–H groups in total. The molecule has 1 aliphatic heterocycles. The maximum absolute atomic E-state index is 4.58. The zero-order valence-electron chi connectivity index (χ0n) is 11.2. The molecule has 1 unspecified atom stereocenters. The van der Waals surface area contributed by atoms with E-state index in [2.05, 4.69) is 31.8 Å². The van der Waals surface area contributed by atoms with Gasteiger partial charge in [0.2, 0.25) is 0 Å². The van der Waals surface area contributed by atoms with Crippen LogP contribution >= 0.6 is 0 Å². The molecule has 100 valence electrons. The van der Waals surface area contributed by atoms with Crippen LogP contribution in [0.5, 0.6) is 0 Å². The van der Waals surface area contributed by atoms with Crippen LogP contribution in [0.4, 0.5) is 0 Å². The normalized spacial score (nSPS) is 19.5. The van der Waals surface area contributed by atoms with E-state index in [4.69, 9.17) is 0 Å². The maximum Gasteiger partial charge on any atom is 0.160 e. The largest absolute Gasteiger partial charge is 0.316 e. The summed E-state index contributed by atoms with van der Waals surface area (Å²) in [6.45, 7) is 4.20. The first kappa shape index (κ1) is 12.3. The van der Waals surface area contributed by atoms with E-state index in [1.54, 1.807) is 12.4 Å². The number of piperidine rings is 1. The Balaban J connectivity index is 2.01. The number of imidazole rings is 1. The number of nitrogens with zero attached hydrogens (tertiary/aromatic N) is 4. The first-order chi connectivity index (χ1) is 9.40. The number of hydrogen-bond acceptors (Lipinski definition) is 4. The zero-order valence-corrected chi connectivity index (χ0v) is 11.2. The van der Waals surface area contributed by atoms with Gasteiger partial charge in [0.15, 0.2) is 5.82 Å². The van der Waals surface area contributed by atoms with Crippen LogP contribution in [0.3, 0.4) is 0 Å². The molecule has 0 bridgehead atoms. The van der Waals surface area contributed by atoms with E-state index < -0.39 is 0 Å². The highest BCUT2D eigenvalue weighted by atomic mass is 15.1. The monoisotopic (exact) mass is 257 g/mol. The lowest BCUT2D eigenvalue weighted by Gasteiger charge is -2.23. The van der Waals surface area contributed by atoms with Crippen molar-refractivity contribution in [2.75, 3.05) is 13.1 Å². The van der Waals surface area contributed by atoms with Crippen LogP contribution in [0.2, 0.25) is 0 Å². The van der Waals surface area contributed by atoms with Gasteiger partial charge in [-0.15, -0.1) is 0 Å². The molecule has 0 aromatic carbocycles. The molecule has 19 heavy (non-hydrogen) atoms. The fourth-order valence-corrected chi connectivity index (χ4v) is 2.69. The molecule has 5 nitrogen and oxygen atoms in total. The third-order valence-electron chi connectivity index (χ3n) is 3.65. The maximum atomic E-state index is 4.58. The van der Waals surface area contributed by atoms with Gasteiger partial charge < -0.3 is 5.32 Å². The second-order valence-corrected chi connectivity index (χ2v) is 4.88. The highest BCUT2D eigenvalue weighted by molar-refractivity contribution is 5.33. The van der Waals surface area contributed by atoms with Gasteiger partial charge in [0.05, 0.1) is 5.69 Å². The predicted octanol–water partition coefficient (Wildman–Crippen LogP) is 1.69. The van der Waals surface area contributed by atoms with Gasteiger partial charge in [0.25, 0.3) is 0 Å². The number of aromatic nitrogens is 4. The molecule has 5 heteroatoms. The third kappa shape index (κ3) is 2.38. The smallest absolute Gasteiger partial charge is 0.160 e. The highest BCUT2D eigenvalue weighted by Gasteiger charge is 2.21. The molecule has 0 spiro atoms. The minimum Gasteiger partial charge on any atom is -0.316 e. The van der Waals surface area contributed by atoms with Gasteiger partial charge >= 0.3 is 0 Å². The number of aryl methyl sites for hydroxylation is 1. The average molecular weight is 257 g/mol. The fourth-order valence-electron chi connectivity index (χ4n) is 2.69. The van der Waals surface area contributed by atoms with E-state index in [0.29, 0.717) is 5.92 Å². The van der Waals surface area contributed by atoms with Crippen molar-refractivity contribution in [2.24, 2.45) is 0 Å². The Labute approximate surface area is 113 Å². The van der Waals surface area contributed by atoms with Crippen LogP contribution in [-0.2, 0) is 6.42 Å². The summed E-state index contributed by atoms with van der Waals surface area (Å²) in [5, 5.41) is 3.44. The molecule has 2 aromatic heterocycles. The van der Waals surface area contributed by atoms with E-state index in [1.165, 1.54) is 12.8 Å². The Morgan fingerprint density at radius 3 is 2.95 bits per heavy atom. The second-order valence-electron chi connectivity index (χ2n) is 4.88. The predicted molar refractivity (Wildman–Crippen MR) is 73.4 cm³/mol. The van der Waals surface area contributed by atoms with Crippen molar-refractivity contribution < 1.29 is 0 Å². The fraction of sp³-hybridized carbons (Fsp3) is 0.500. The summed E-state index contributed by atoms with van der Waals surface area (Å²) in [5.74, 6) is 2.42. The molecule has 0 aliphatic carbocycles. The van der Waals surface area contributed by atoms with Gasteiger partial charge in [-0.1, -0.05) is 6.92 Å². The Kier molecular flexibility index (Phi) is 3.55. The van der Waals surface area contributed by atoms with Crippen LogP contribution < -0.4 is 5.32 Å². The molecule has 1 fully saturated rings. The lowest BCUT2D eigenvalue weighted by Crippen LogP contribution is -2.29. The Hall–Kier alpha value is -1.75. The Morgan fingerprint density at radius 2 is 2.16 bits per heavy atom. The number of rotatable bonds is 3. The molecule has 3 rings (SSSR count).